The summed E-state index contributed by atoms with van der Waals surface area (Å²) in [5.74, 6) is 0.319. The molecule has 2 fully saturated rings. The molecule has 1 amide bonds. The van der Waals surface area contributed by atoms with Crippen molar-refractivity contribution in [3.8, 4) is 0 Å². The van der Waals surface area contributed by atoms with Crippen molar-refractivity contribution in [2.75, 3.05) is 13.1 Å². The molecule has 1 saturated heterocycles. The number of piperidine rings is 1. The smallest absolute Gasteiger partial charge is 0.253 e. The normalized spacial score (nSPS) is 29.9. The maximum absolute atomic E-state index is 12.5. The molecule has 1 aromatic rings. The highest BCUT2D eigenvalue weighted by Gasteiger charge is 2.43. The zero-order chi connectivity index (χ0) is 14.2. The van der Waals surface area contributed by atoms with E-state index in [0.717, 1.165) is 25.0 Å². The van der Waals surface area contributed by atoms with Crippen LogP contribution in [-0.2, 0) is 0 Å². The predicted molar refractivity (Wildman–Crippen MR) is 76.4 cm³/mol. The second kappa shape index (κ2) is 5.17. The fraction of sp³-hybridized carbons (Fsp3) is 0.625. The van der Waals surface area contributed by atoms with Crippen LogP contribution in [0, 0.1) is 12.8 Å². The van der Waals surface area contributed by atoms with Gasteiger partial charge in [0.15, 0.2) is 0 Å². The average molecular weight is 274 g/mol. The summed E-state index contributed by atoms with van der Waals surface area (Å²) in [6, 6.07) is 3.61. The molecule has 4 nitrogen and oxygen atoms in total. The van der Waals surface area contributed by atoms with Crippen LogP contribution < -0.4 is 0 Å². The average Bonchev–Trinajstić information content (AvgIpc) is 2.45. The Kier molecular flexibility index (Phi) is 3.50. The molecule has 0 radical (unpaired) electrons. The van der Waals surface area contributed by atoms with Gasteiger partial charge in [-0.3, -0.25) is 9.78 Å². The zero-order valence-corrected chi connectivity index (χ0v) is 12.0. The van der Waals surface area contributed by atoms with Crippen molar-refractivity contribution in [1.29, 1.82) is 0 Å². The standard InChI is InChI=1S/C16H22N2O2/c1-12-10-13(5-8-17-12)15(19)18-9-7-16(20)6-3-2-4-14(16)11-18/h5,8,10,14,20H,2-4,6-7,9,11H2,1H3. The van der Waals surface area contributed by atoms with E-state index in [1.54, 1.807) is 12.3 Å². The van der Waals surface area contributed by atoms with E-state index < -0.39 is 5.60 Å². The first-order valence-corrected chi connectivity index (χ1v) is 7.53. The Labute approximate surface area is 119 Å². The number of pyridine rings is 1. The maximum atomic E-state index is 12.5. The van der Waals surface area contributed by atoms with Gasteiger partial charge in [0.2, 0.25) is 0 Å². The maximum Gasteiger partial charge on any atom is 0.253 e. The molecule has 1 aromatic heterocycles. The molecule has 0 spiro atoms. The summed E-state index contributed by atoms with van der Waals surface area (Å²) in [5, 5.41) is 10.7. The number of aryl methyl sites for hydroxylation is 1. The second-order valence-corrected chi connectivity index (χ2v) is 6.23. The molecular formula is C16H22N2O2. The molecule has 20 heavy (non-hydrogen) atoms. The van der Waals surface area contributed by atoms with Crippen LogP contribution in [0.25, 0.3) is 0 Å². The molecule has 2 heterocycles. The van der Waals surface area contributed by atoms with Crippen molar-refractivity contribution in [2.24, 2.45) is 5.92 Å². The minimum atomic E-state index is -0.525. The monoisotopic (exact) mass is 274 g/mol. The minimum absolute atomic E-state index is 0.0723. The lowest BCUT2D eigenvalue weighted by atomic mass is 9.71. The molecular weight excluding hydrogens is 252 g/mol. The SMILES string of the molecule is Cc1cc(C(=O)N2CCC3(O)CCCCC3C2)ccn1. The molecule has 2 aliphatic rings. The minimum Gasteiger partial charge on any atom is -0.389 e. The first-order valence-electron chi connectivity index (χ1n) is 7.53. The van der Waals surface area contributed by atoms with Crippen LogP contribution in [0.3, 0.4) is 0 Å². The van der Waals surface area contributed by atoms with Crippen LogP contribution >= 0.6 is 0 Å². The molecule has 1 N–H and O–H groups in total. The summed E-state index contributed by atoms with van der Waals surface area (Å²) in [6.07, 6.45) is 6.62. The van der Waals surface area contributed by atoms with Crippen molar-refractivity contribution in [3.05, 3.63) is 29.6 Å². The Hall–Kier alpha value is -1.42. The molecule has 2 unspecified atom stereocenters. The lowest BCUT2D eigenvalue weighted by molar-refractivity contribution is -0.0886. The van der Waals surface area contributed by atoms with E-state index in [1.807, 2.05) is 17.9 Å². The van der Waals surface area contributed by atoms with E-state index in [4.69, 9.17) is 0 Å². The molecule has 4 heteroatoms. The molecule has 3 rings (SSSR count). The third-order valence-corrected chi connectivity index (χ3v) is 4.86. The van der Waals surface area contributed by atoms with Crippen LogP contribution in [0.15, 0.2) is 18.3 Å². The number of amides is 1. The van der Waals surface area contributed by atoms with Gasteiger partial charge >= 0.3 is 0 Å². The Bertz CT molecular complexity index is 517. The highest BCUT2D eigenvalue weighted by Crippen LogP contribution is 2.39. The summed E-state index contributed by atoms with van der Waals surface area (Å²) < 4.78 is 0. The number of aromatic nitrogens is 1. The molecule has 1 saturated carbocycles. The number of likely N-dealkylation sites (tertiary alicyclic amines) is 1. The number of nitrogens with zero attached hydrogens (tertiary/aromatic N) is 2. The Morgan fingerprint density at radius 2 is 2.30 bits per heavy atom. The number of aliphatic hydroxyl groups is 1. The van der Waals surface area contributed by atoms with Crippen molar-refractivity contribution < 1.29 is 9.90 Å². The number of fused-ring (bicyclic) bond motifs is 1. The molecule has 0 bridgehead atoms. The number of hydrogen-bond donors (Lipinski definition) is 1. The third kappa shape index (κ3) is 2.44. The summed E-state index contributed by atoms with van der Waals surface area (Å²) in [7, 11) is 0. The first kappa shape index (κ1) is 13.6. The highest BCUT2D eigenvalue weighted by molar-refractivity contribution is 5.94. The van der Waals surface area contributed by atoms with Crippen LogP contribution in [0.1, 0.15) is 48.2 Å². The van der Waals surface area contributed by atoms with Crippen molar-refractivity contribution in [2.45, 2.75) is 44.6 Å². The van der Waals surface area contributed by atoms with E-state index in [9.17, 15) is 9.90 Å². The van der Waals surface area contributed by atoms with Gasteiger partial charge in [-0.2, -0.15) is 0 Å². The van der Waals surface area contributed by atoms with Crippen molar-refractivity contribution in [1.82, 2.24) is 9.88 Å². The van der Waals surface area contributed by atoms with Crippen LogP contribution in [0.4, 0.5) is 0 Å². The lowest BCUT2D eigenvalue weighted by Gasteiger charge is -2.47. The van der Waals surface area contributed by atoms with Gasteiger partial charge in [0, 0.05) is 36.5 Å². The summed E-state index contributed by atoms with van der Waals surface area (Å²) in [5.41, 5.74) is 1.05. The highest BCUT2D eigenvalue weighted by atomic mass is 16.3. The van der Waals surface area contributed by atoms with Gasteiger partial charge in [0.1, 0.15) is 0 Å². The van der Waals surface area contributed by atoms with Crippen LogP contribution in [0.2, 0.25) is 0 Å². The second-order valence-electron chi connectivity index (χ2n) is 6.23. The zero-order valence-electron chi connectivity index (χ0n) is 12.0. The van der Waals surface area contributed by atoms with Gasteiger partial charge < -0.3 is 10.0 Å². The molecule has 1 aliphatic heterocycles. The Morgan fingerprint density at radius 3 is 3.10 bits per heavy atom. The lowest BCUT2D eigenvalue weighted by Crippen LogP contribution is -2.54. The van der Waals surface area contributed by atoms with E-state index >= 15 is 0 Å². The summed E-state index contributed by atoms with van der Waals surface area (Å²) in [4.78, 5) is 18.6. The van der Waals surface area contributed by atoms with Gasteiger partial charge in [0.05, 0.1) is 5.60 Å². The summed E-state index contributed by atoms with van der Waals surface area (Å²) >= 11 is 0. The number of hydrogen-bond acceptors (Lipinski definition) is 3. The molecule has 108 valence electrons. The third-order valence-electron chi connectivity index (χ3n) is 4.86. The van der Waals surface area contributed by atoms with Gasteiger partial charge in [-0.05, 0) is 38.3 Å². The topological polar surface area (TPSA) is 53.4 Å². The van der Waals surface area contributed by atoms with E-state index in [-0.39, 0.29) is 11.8 Å². The van der Waals surface area contributed by atoms with Crippen molar-refractivity contribution in [3.63, 3.8) is 0 Å². The van der Waals surface area contributed by atoms with E-state index in [2.05, 4.69) is 4.98 Å². The van der Waals surface area contributed by atoms with Crippen molar-refractivity contribution >= 4 is 5.91 Å². The molecule has 1 aliphatic carbocycles. The van der Waals surface area contributed by atoms with E-state index in [1.165, 1.54) is 6.42 Å². The van der Waals surface area contributed by atoms with Gasteiger partial charge in [-0.1, -0.05) is 12.8 Å². The summed E-state index contributed by atoms with van der Waals surface area (Å²) in [6.45, 7) is 3.25. The van der Waals surface area contributed by atoms with Gasteiger partial charge in [-0.25, -0.2) is 0 Å². The number of carbonyl (C=O) groups is 1. The fourth-order valence-corrected chi connectivity index (χ4v) is 3.62. The molecule has 2 atom stereocenters. The van der Waals surface area contributed by atoms with Crippen LogP contribution in [0.5, 0.6) is 0 Å². The fourth-order valence-electron chi connectivity index (χ4n) is 3.62. The largest absolute Gasteiger partial charge is 0.389 e. The number of rotatable bonds is 1. The number of carbonyl (C=O) groups excluding carboxylic acids is 1. The Balaban J connectivity index is 1.74. The van der Waals surface area contributed by atoms with Gasteiger partial charge in [-0.15, -0.1) is 0 Å². The van der Waals surface area contributed by atoms with E-state index in [0.29, 0.717) is 25.1 Å². The van der Waals surface area contributed by atoms with Gasteiger partial charge in [0.25, 0.3) is 5.91 Å². The van der Waals surface area contributed by atoms with Crippen LogP contribution in [-0.4, -0.2) is 39.6 Å². The predicted octanol–water partition coefficient (Wildman–Crippen LogP) is 2.16. The first-order chi connectivity index (χ1) is 9.58. The quantitative estimate of drug-likeness (QED) is 0.853. The molecule has 0 aromatic carbocycles. The Morgan fingerprint density at radius 1 is 1.45 bits per heavy atom.